The first kappa shape index (κ1) is 22.6. The third-order valence-electron chi connectivity index (χ3n) is 6.01. The summed E-state index contributed by atoms with van der Waals surface area (Å²) in [4.78, 5) is 26.3. The van der Waals surface area contributed by atoms with Gasteiger partial charge in [-0.3, -0.25) is 14.2 Å². The fourth-order valence-corrected chi connectivity index (χ4v) is 4.41. The molecule has 35 heavy (non-hydrogen) atoms. The lowest BCUT2D eigenvalue weighted by atomic mass is 10.1. The molecule has 5 aromatic rings. The fraction of sp³-hybridized carbons (Fsp3) is 0.107. The highest BCUT2D eigenvalue weighted by atomic mass is 35.5. The van der Waals surface area contributed by atoms with Crippen LogP contribution in [0.1, 0.15) is 11.1 Å². The van der Waals surface area contributed by atoms with E-state index < -0.39 is 0 Å². The molecule has 2 aromatic heterocycles. The van der Waals surface area contributed by atoms with Crippen LogP contribution in [-0.4, -0.2) is 20.3 Å². The molecule has 0 saturated carbocycles. The van der Waals surface area contributed by atoms with Gasteiger partial charge in [-0.15, -0.1) is 0 Å². The summed E-state index contributed by atoms with van der Waals surface area (Å²) in [5, 5.41) is 9.20. The smallest absolute Gasteiger partial charge is 0.252 e. The maximum Gasteiger partial charge on any atom is 0.252 e. The Bertz CT molecular complexity index is 1610. The SMILES string of the molecule is Cc1c(Cl)cccc1NC(=O)Cn1c(=O)cc(C)c2c(-c3ccccc3)nn(-c3ccccc3)c21. The molecule has 0 bridgehead atoms. The van der Waals surface area contributed by atoms with E-state index in [1.165, 1.54) is 4.57 Å². The maximum absolute atomic E-state index is 13.2. The lowest BCUT2D eigenvalue weighted by molar-refractivity contribution is -0.116. The van der Waals surface area contributed by atoms with Gasteiger partial charge in [-0.05, 0) is 49.2 Å². The van der Waals surface area contributed by atoms with E-state index in [-0.39, 0.29) is 18.0 Å². The molecule has 5 rings (SSSR count). The van der Waals surface area contributed by atoms with Gasteiger partial charge in [0.2, 0.25) is 5.91 Å². The molecule has 0 unspecified atom stereocenters. The number of halogens is 1. The number of fused-ring (bicyclic) bond motifs is 1. The summed E-state index contributed by atoms with van der Waals surface area (Å²) in [5.74, 6) is -0.329. The molecule has 0 aliphatic carbocycles. The molecule has 0 spiro atoms. The summed E-state index contributed by atoms with van der Waals surface area (Å²) >= 11 is 6.21. The van der Waals surface area contributed by atoms with Gasteiger partial charge in [-0.2, -0.15) is 5.10 Å². The zero-order valence-corrected chi connectivity index (χ0v) is 20.1. The van der Waals surface area contributed by atoms with E-state index in [4.69, 9.17) is 16.7 Å². The monoisotopic (exact) mass is 482 g/mol. The van der Waals surface area contributed by atoms with Crippen LogP contribution >= 0.6 is 11.6 Å². The lowest BCUT2D eigenvalue weighted by Gasteiger charge is -2.14. The van der Waals surface area contributed by atoms with Crippen molar-refractivity contribution in [3.8, 4) is 16.9 Å². The molecule has 0 aliphatic rings. The minimum atomic E-state index is -0.329. The van der Waals surface area contributed by atoms with Crippen molar-refractivity contribution in [3.05, 3.63) is 111 Å². The minimum absolute atomic E-state index is 0.172. The van der Waals surface area contributed by atoms with Gasteiger partial charge in [0, 0.05) is 27.7 Å². The third-order valence-corrected chi connectivity index (χ3v) is 6.42. The average Bonchev–Trinajstić information content (AvgIpc) is 3.27. The molecule has 1 N–H and O–H groups in total. The molecule has 7 heteroatoms. The van der Waals surface area contributed by atoms with Crippen LogP contribution in [0.2, 0.25) is 5.02 Å². The van der Waals surface area contributed by atoms with Crippen molar-refractivity contribution in [2.45, 2.75) is 20.4 Å². The van der Waals surface area contributed by atoms with Crippen molar-refractivity contribution in [3.63, 3.8) is 0 Å². The summed E-state index contributed by atoms with van der Waals surface area (Å²) < 4.78 is 3.22. The number of amides is 1. The highest BCUT2D eigenvalue weighted by Crippen LogP contribution is 2.31. The predicted octanol–water partition coefficient (Wildman–Crippen LogP) is 5.76. The van der Waals surface area contributed by atoms with Gasteiger partial charge in [0.15, 0.2) is 0 Å². The average molecular weight is 483 g/mol. The van der Waals surface area contributed by atoms with Crippen LogP contribution in [-0.2, 0) is 11.3 Å². The van der Waals surface area contributed by atoms with E-state index in [0.717, 1.165) is 33.5 Å². The zero-order valence-electron chi connectivity index (χ0n) is 19.3. The third kappa shape index (κ3) is 4.24. The molecule has 2 heterocycles. The van der Waals surface area contributed by atoms with Crippen molar-refractivity contribution < 1.29 is 4.79 Å². The quantitative estimate of drug-likeness (QED) is 0.346. The summed E-state index contributed by atoms with van der Waals surface area (Å²) in [7, 11) is 0. The van der Waals surface area contributed by atoms with Gasteiger partial charge in [0.1, 0.15) is 17.9 Å². The van der Waals surface area contributed by atoms with E-state index in [2.05, 4.69) is 5.32 Å². The first-order chi connectivity index (χ1) is 16.9. The standard InChI is InChI=1S/C28H23ClN4O2/c1-18-16-25(35)32(17-24(34)30-23-15-9-14-22(29)19(23)2)28-26(18)27(20-10-5-3-6-11-20)31-33(28)21-12-7-4-8-13-21/h3-16H,17H2,1-2H3,(H,30,34). The summed E-state index contributed by atoms with van der Waals surface area (Å²) in [5.41, 5.74) is 4.95. The Morgan fingerprint density at radius 3 is 2.34 bits per heavy atom. The number of aryl methyl sites for hydroxylation is 1. The Morgan fingerprint density at radius 1 is 0.943 bits per heavy atom. The van der Waals surface area contributed by atoms with Gasteiger partial charge in [-0.25, -0.2) is 4.68 Å². The Hall–Kier alpha value is -4.16. The van der Waals surface area contributed by atoms with Crippen LogP contribution in [0.15, 0.2) is 89.7 Å². The van der Waals surface area contributed by atoms with Gasteiger partial charge in [-0.1, -0.05) is 66.2 Å². The molecule has 0 radical (unpaired) electrons. The molecule has 0 atom stereocenters. The van der Waals surface area contributed by atoms with E-state index >= 15 is 0 Å². The van der Waals surface area contributed by atoms with E-state index in [1.807, 2.05) is 74.5 Å². The molecule has 0 fully saturated rings. The van der Waals surface area contributed by atoms with Crippen LogP contribution in [0.3, 0.4) is 0 Å². The molecule has 0 saturated heterocycles. The molecule has 3 aromatic carbocycles. The Balaban J connectivity index is 1.69. The number of hydrogen-bond donors (Lipinski definition) is 1. The minimum Gasteiger partial charge on any atom is -0.324 e. The number of anilines is 1. The van der Waals surface area contributed by atoms with Crippen molar-refractivity contribution in [2.75, 3.05) is 5.32 Å². The first-order valence-corrected chi connectivity index (χ1v) is 11.6. The number of nitrogens with one attached hydrogen (secondary N) is 1. The van der Waals surface area contributed by atoms with E-state index in [0.29, 0.717) is 16.4 Å². The Morgan fingerprint density at radius 2 is 1.63 bits per heavy atom. The van der Waals surface area contributed by atoms with Crippen molar-refractivity contribution in [1.29, 1.82) is 0 Å². The number of rotatable bonds is 5. The number of benzene rings is 3. The number of aromatic nitrogens is 3. The van der Waals surface area contributed by atoms with Crippen LogP contribution < -0.4 is 10.9 Å². The van der Waals surface area contributed by atoms with Crippen LogP contribution in [0.4, 0.5) is 5.69 Å². The molecule has 1 amide bonds. The van der Waals surface area contributed by atoms with E-state index in [9.17, 15) is 9.59 Å². The second kappa shape index (κ2) is 9.24. The van der Waals surface area contributed by atoms with Crippen molar-refractivity contribution in [1.82, 2.24) is 14.3 Å². The highest BCUT2D eigenvalue weighted by Gasteiger charge is 2.21. The summed E-state index contributed by atoms with van der Waals surface area (Å²) in [6.07, 6.45) is 0. The fourth-order valence-electron chi connectivity index (χ4n) is 4.24. The van der Waals surface area contributed by atoms with Crippen LogP contribution in [0.5, 0.6) is 0 Å². The number of pyridine rings is 1. The maximum atomic E-state index is 13.2. The largest absolute Gasteiger partial charge is 0.324 e. The normalized spacial score (nSPS) is 11.1. The van der Waals surface area contributed by atoms with Gasteiger partial charge in [0.05, 0.1) is 5.69 Å². The lowest BCUT2D eigenvalue weighted by Crippen LogP contribution is -2.29. The molecule has 6 nitrogen and oxygen atoms in total. The first-order valence-electron chi connectivity index (χ1n) is 11.2. The molecular formula is C28H23ClN4O2. The molecule has 174 valence electrons. The van der Waals surface area contributed by atoms with E-state index in [1.54, 1.807) is 28.9 Å². The zero-order chi connectivity index (χ0) is 24.5. The van der Waals surface area contributed by atoms with Gasteiger partial charge >= 0.3 is 0 Å². The van der Waals surface area contributed by atoms with Gasteiger partial charge in [0.25, 0.3) is 5.56 Å². The second-order valence-corrected chi connectivity index (χ2v) is 8.78. The number of carbonyl (C=O) groups excluding carboxylic acids is 1. The van der Waals surface area contributed by atoms with Crippen LogP contribution in [0.25, 0.3) is 28.0 Å². The summed E-state index contributed by atoms with van der Waals surface area (Å²) in [6, 6.07) is 26.3. The number of hydrogen-bond acceptors (Lipinski definition) is 3. The second-order valence-electron chi connectivity index (χ2n) is 8.37. The predicted molar refractivity (Wildman–Crippen MR) is 140 cm³/mol. The molecular weight excluding hydrogens is 460 g/mol. The van der Waals surface area contributed by atoms with Gasteiger partial charge < -0.3 is 5.32 Å². The Kier molecular flexibility index (Phi) is 5.97. The number of para-hydroxylation sites is 1. The topological polar surface area (TPSA) is 68.9 Å². The van der Waals surface area contributed by atoms with Crippen LogP contribution in [0, 0.1) is 13.8 Å². The number of nitrogens with zero attached hydrogens (tertiary/aromatic N) is 3. The highest BCUT2D eigenvalue weighted by molar-refractivity contribution is 6.31. The number of carbonyl (C=O) groups is 1. The molecule has 0 aliphatic heterocycles. The van der Waals surface area contributed by atoms with Crippen molar-refractivity contribution >= 4 is 34.2 Å². The summed E-state index contributed by atoms with van der Waals surface area (Å²) in [6.45, 7) is 3.56. The van der Waals surface area contributed by atoms with Crippen molar-refractivity contribution in [2.24, 2.45) is 0 Å². The Labute approximate surface area is 207 Å².